The Morgan fingerprint density at radius 2 is 1.16 bits per heavy atom. The van der Waals surface area contributed by atoms with Gasteiger partial charge in [-0.05, 0) is 115 Å². The number of rotatable bonds is 5. The first-order valence-corrected chi connectivity index (χ1v) is 22.1. The molecule has 4 heteroatoms. The summed E-state index contributed by atoms with van der Waals surface area (Å²) in [5, 5.41) is 0. The van der Waals surface area contributed by atoms with Gasteiger partial charge in [-0.25, -0.2) is 0 Å². The Bertz CT molecular complexity index is 1550. The maximum Gasteiger partial charge on any atom is 0.0499 e. The van der Waals surface area contributed by atoms with Gasteiger partial charge in [0.2, 0.25) is 0 Å². The summed E-state index contributed by atoms with van der Waals surface area (Å²) < 4.78 is 5.78. The smallest absolute Gasteiger partial charge is 0.0499 e. The van der Waals surface area contributed by atoms with Gasteiger partial charge in [-0.3, -0.25) is 0 Å². The maximum atomic E-state index is 2.90. The lowest BCUT2D eigenvalue weighted by atomic mass is 9.80. The van der Waals surface area contributed by atoms with E-state index in [4.69, 9.17) is 0 Å². The van der Waals surface area contributed by atoms with Gasteiger partial charge in [0.25, 0.3) is 0 Å². The van der Waals surface area contributed by atoms with Crippen LogP contribution in [0.15, 0.2) is 91.1 Å². The number of para-hydroxylation sites is 1. The normalized spacial score (nSPS) is 37.2. The molecule has 0 saturated heterocycles. The molecule has 0 N–H and O–H groups in total. The Morgan fingerprint density at radius 1 is 0.605 bits per heavy atom. The van der Waals surface area contributed by atoms with Gasteiger partial charge < -0.3 is 8.61 Å². The topological polar surface area (TPSA) is 6.48 Å². The summed E-state index contributed by atoms with van der Waals surface area (Å²) in [7, 11) is -1.80. The van der Waals surface area contributed by atoms with Crippen molar-refractivity contribution in [3.05, 3.63) is 108 Å². The molecule has 8 rings (SSSR count). The maximum absolute atomic E-state index is 2.90. The van der Waals surface area contributed by atoms with Crippen LogP contribution in [0, 0.1) is 35.5 Å². The Balaban J connectivity index is 1.14. The SMILES string of the molecule is CC1C2C=CC=CC2C2c3cc(CCC4C5C=CC=CC5C5c6ccccc6N(S(C)(C)C)C45)ccc3N(S(C)(C)C)C12. The second kappa shape index (κ2) is 9.85. The predicted octanol–water partition coefficient (Wildman–Crippen LogP) is 9.08. The van der Waals surface area contributed by atoms with Crippen LogP contribution in [0.3, 0.4) is 0 Å². The lowest BCUT2D eigenvalue weighted by Crippen LogP contribution is -2.39. The van der Waals surface area contributed by atoms with Crippen molar-refractivity contribution < 1.29 is 0 Å². The number of aryl methyl sites for hydroxylation is 1. The lowest BCUT2D eigenvalue weighted by molar-refractivity contribution is 0.372. The fraction of sp³-hybridized carbons (Fsp3) is 0.487. The van der Waals surface area contributed by atoms with Gasteiger partial charge in [0.05, 0.1) is 0 Å². The zero-order valence-electron chi connectivity index (χ0n) is 27.1. The Labute approximate surface area is 263 Å². The van der Waals surface area contributed by atoms with Gasteiger partial charge in [0.1, 0.15) is 0 Å². The quantitative estimate of drug-likeness (QED) is 0.333. The van der Waals surface area contributed by atoms with Gasteiger partial charge >= 0.3 is 0 Å². The number of anilines is 2. The minimum absolute atomic E-state index is 0.587. The van der Waals surface area contributed by atoms with E-state index < -0.39 is 20.4 Å². The number of allylic oxidation sites excluding steroid dienone is 8. The van der Waals surface area contributed by atoms with Crippen molar-refractivity contribution in [3.8, 4) is 0 Å². The van der Waals surface area contributed by atoms with Crippen LogP contribution in [0.2, 0.25) is 0 Å². The van der Waals surface area contributed by atoms with E-state index in [0.29, 0.717) is 59.4 Å². The molecule has 6 aliphatic rings. The van der Waals surface area contributed by atoms with E-state index in [1.54, 1.807) is 16.7 Å². The molecule has 10 atom stereocenters. The van der Waals surface area contributed by atoms with Gasteiger partial charge in [0.15, 0.2) is 0 Å². The minimum Gasteiger partial charge on any atom is -0.330 e. The van der Waals surface area contributed by atoms with Crippen LogP contribution in [0.1, 0.15) is 41.9 Å². The highest BCUT2D eigenvalue weighted by molar-refractivity contribution is 8.33. The Kier molecular flexibility index (Phi) is 6.46. The highest BCUT2D eigenvalue weighted by Crippen LogP contribution is 2.66. The Morgan fingerprint density at radius 3 is 1.86 bits per heavy atom. The molecule has 0 amide bonds. The first-order valence-electron chi connectivity index (χ1n) is 16.4. The molecule has 0 spiro atoms. The summed E-state index contributed by atoms with van der Waals surface area (Å²) in [6.07, 6.45) is 36.8. The van der Waals surface area contributed by atoms with Crippen LogP contribution in [-0.4, -0.2) is 49.6 Å². The molecular formula is C39H50N2S2. The third-order valence-electron chi connectivity index (χ3n) is 11.8. The first kappa shape index (κ1) is 28.2. The minimum atomic E-state index is -0.914. The van der Waals surface area contributed by atoms with E-state index >= 15 is 0 Å². The monoisotopic (exact) mass is 610 g/mol. The molecule has 43 heavy (non-hydrogen) atoms. The standard InChI is InChI=1S/C39H50N2S2/c1-25-27-14-8-10-16-29(27)37-33-24-26(21-23-35(33)40(38(25)37)42(2,3)4)20-22-31-28-15-9-11-17-30(28)36-32-18-12-13-19-34(32)41(39(31)36)43(5,6)7/h8-19,21,23-25,27-31,36-39H,20,22H2,1-7H3. The number of hydrogen-bond acceptors (Lipinski definition) is 2. The number of benzene rings is 2. The Hall–Kier alpha value is -2.30. The van der Waals surface area contributed by atoms with E-state index in [2.05, 4.69) is 144 Å². The van der Waals surface area contributed by atoms with Crippen molar-refractivity contribution in [1.82, 2.24) is 0 Å². The molecule has 2 aliphatic heterocycles. The average Bonchev–Trinajstić information content (AvgIpc) is 3.67. The molecular weight excluding hydrogens is 561 g/mol. The third-order valence-corrected chi connectivity index (χ3v) is 15.0. The van der Waals surface area contributed by atoms with Crippen LogP contribution in [-0.2, 0) is 6.42 Å². The van der Waals surface area contributed by atoms with Crippen molar-refractivity contribution in [3.63, 3.8) is 0 Å². The van der Waals surface area contributed by atoms with Crippen molar-refractivity contribution in [1.29, 1.82) is 0 Å². The molecule has 0 radical (unpaired) electrons. The molecule has 2 aromatic rings. The van der Waals surface area contributed by atoms with E-state index in [0.717, 1.165) is 0 Å². The molecule has 4 aliphatic carbocycles. The lowest BCUT2D eigenvalue weighted by Gasteiger charge is -2.46. The summed E-state index contributed by atoms with van der Waals surface area (Å²) in [5.41, 5.74) is 7.83. The molecule has 0 bridgehead atoms. The van der Waals surface area contributed by atoms with Crippen LogP contribution in [0.4, 0.5) is 11.4 Å². The molecule has 2 nitrogen and oxygen atoms in total. The van der Waals surface area contributed by atoms with Gasteiger partial charge in [-0.1, -0.05) is 85.9 Å². The zero-order chi connectivity index (χ0) is 29.8. The number of hydrogen-bond donors (Lipinski definition) is 0. The van der Waals surface area contributed by atoms with Crippen molar-refractivity contribution >= 4 is 31.8 Å². The third kappa shape index (κ3) is 4.14. The predicted molar refractivity (Wildman–Crippen MR) is 193 cm³/mol. The molecule has 228 valence electrons. The molecule has 2 heterocycles. The van der Waals surface area contributed by atoms with Crippen molar-refractivity contribution in [2.24, 2.45) is 35.5 Å². The molecule has 2 fully saturated rings. The van der Waals surface area contributed by atoms with Crippen LogP contribution in [0.5, 0.6) is 0 Å². The second-order valence-electron chi connectivity index (χ2n) is 15.6. The summed E-state index contributed by atoms with van der Waals surface area (Å²) in [6.45, 7) is 2.53. The number of fused-ring (bicyclic) bond motifs is 10. The fourth-order valence-corrected chi connectivity index (χ4v) is 14.0. The largest absolute Gasteiger partial charge is 0.330 e. The zero-order valence-corrected chi connectivity index (χ0v) is 28.7. The molecule has 10 unspecified atom stereocenters. The van der Waals surface area contributed by atoms with Gasteiger partial charge in [0, 0.05) is 35.3 Å². The molecule has 2 saturated carbocycles. The second-order valence-corrected chi connectivity index (χ2v) is 23.5. The summed E-state index contributed by atoms with van der Waals surface area (Å²) in [4.78, 5) is 0. The summed E-state index contributed by atoms with van der Waals surface area (Å²) in [6, 6.07) is 18.2. The molecule has 0 aromatic heterocycles. The van der Waals surface area contributed by atoms with E-state index in [9.17, 15) is 0 Å². The van der Waals surface area contributed by atoms with Gasteiger partial charge in [-0.2, -0.15) is 20.4 Å². The van der Waals surface area contributed by atoms with Crippen molar-refractivity contribution in [2.45, 2.75) is 43.7 Å². The number of nitrogens with zero attached hydrogens (tertiary/aromatic N) is 2. The van der Waals surface area contributed by atoms with Crippen molar-refractivity contribution in [2.75, 3.05) is 46.1 Å². The van der Waals surface area contributed by atoms with Crippen LogP contribution < -0.4 is 8.61 Å². The highest BCUT2D eigenvalue weighted by Gasteiger charge is 2.58. The first-order chi connectivity index (χ1) is 20.6. The van der Waals surface area contributed by atoms with E-state index in [1.165, 1.54) is 24.2 Å². The van der Waals surface area contributed by atoms with Crippen LogP contribution in [0.25, 0.3) is 0 Å². The average molecular weight is 611 g/mol. The van der Waals surface area contributed by atoms with Crippen LogP contribution >= 0.6 is 20.4 Å². The molecule has 2 aromatic carbocycles. The van der Waals surface area contributed by atoms with Gasteiger partial charge in [-0.15, -0.1) is 0 Å². The summed E-state index contributed by atoms with van der Waals surface area (Å²) in [5.74, 6) is 5.08. The summed E-state index contributed by atoms with van der Waals surface area (Å²) >= 11 is 0. The van der Waals surface area contributed by atoms with E-state index in [-0.39, 0.29) is 0 Å². The van der Waals surface area contributed by atoms with E-state index in [1.807, 2.05) is 0 Å². The highest BCUT2D eigenvalue weighted by atomic mass is 32.3. The fourth-order valence-electron chi connectivity index (χ4n) is 10.5.